The Bertz CT molecular complexity index is 5150. The lowest BCUT2D eigenvalue weighted by Gasteiger charge is -2.45. The highest BCUT2D eigenvalue weighted by atomic mass is 32.3. The molecule has 2 heterocycles. The van der Waals surface area contributed by atoms with Crippen molar-refractivity contribution in [2.75, 3.05) is 39.5 Å². The maximum Gasteiger partial charge on any atom is 0.398 e. The Morgan fingerprint density at radius 2 is 0.479 bits per heavy atom. The number of amides is 2. The van der Waals surface area contributed by atoms with Crippen LogP contribution in [0.5, 0.6) is 0 Å². The summed E-state index contributed by atoms with van der Waals surface area (Å²) in [5.74, 6) is -4.73. The number of hydrogen-bond donors (Lipinski definition) is 18. The minimum atomic E-state index is -6.72. The van der Waals surface area contributed by atoms with Crippen molar-refractivity contribution in [3.63, 3.8) is 0 Å². The summed E-state index contributed by atoms with van der Waals surface area (Å²) in [4.78, 5) is 28.0. The largest absolute Gasteiger partial charge is 0.398 e. The molecule has 720 valence electrons. The van der Waals surface area contributed by atoms with Gasteiger partial charge in [0.25, 0.3) is 11.8 Å². The maximum atomic E-state index is 14.0. The maximum absolute atomic E-state index is 14.0. The normalized spacial score (nSPS) is 23.7. The average molecular weight is 2120 g/mol. The molecular formula is C33H62N2O70S16. The van der Waals surface area contributed by atoms with Crippen molar-refractivity contribution in [2.24, 2.45) is 0 Å². The van der Waals surface area contributed by atoms with Crippen LogP contribution in [-0.2, 0) is 262 Å². The summed E-state index contributed by atoms with van der Waals surface area (Å²) in [7, 11) is -103. The van der Waals surface area contributed by atoms with E-state index in [1.165, 1.54) is 0 Å². The first-order valence-electron chi connectivity index (χ1n) is 29.3. The van der Waals surface area contributed by atoms with E-state index < -0.39 is 341 Å². The van der Waals surface area contributed by atoms with Crippen LogP contribution in [-0.4, -0.2) is 369 Å². The molecule has 88 heteroatoms. The van der Waals surface area contributed by atoms with Gasteiger partial charge in [0, 0.05) is 13.1 Å². The topological polar surface area (TPSA) is 1110 Å². The molecule has 2 amide bonds. The fourth-order valence-corrected chi connectivity index (χ4v) is 16.5. The lowest BCUT2D eigenvalue weighted by atomic mass is 9.98. The molecule has 2 fully saturated rings. The second kappa shape index (κ2) is 44.3. The monoisotopic (exact) mass is 2120 g/mol. The Morgan fingerprint density at radius 3 is 0.702 bits per heavy atom. The van der Waals surface area contributed by atoms with Crippen molar-refractivity contribution in [2.45, 2.75) is 155 Å². The third-order valence-corrected chi connectivity index (χ3v) is 20.4. The van der Waals surface area contributed by atoms with Crippen molar-refractivity contribution < 1.29 is 303 Å². The molecule has 0 aromatic heterocycles. The Labute approximate surface area is 682 Å². The molecular weight excluding hydrogens is 2060 g/mol. The van der Waals surface area contributed by atoms with E-state index in [4.69, 9.17) is 18.9 Å². The van der Waals surface area contributed by atoms with Crippen LogP contribution in [0.4, 0.5) is 0 Å². The molecule has 0 aromatic carbocycles. The van der Waals surface area contributed by atoms with Crippen molar-refractivity contribution in [3.8, 4) is 0 Å². The van der Waals surface area contributed by atoms with Gasteiger partial charge in [-0.25, -0.2) is 66.9 Å². The van der Waals surface area contributed by atoms with Crippen LogP contribution >= 0.6 is 0 Å². The van der Waals surface area contributed by atoms with E-state index in [0.29, 0.717) is 0 Å². The van der Waals surface area contributed by atoms with Gasteiger partial charge in [-0.1, -0.05) is 32.1 Å². The van der Waals surface area contributed by atoms with Gasteiger partial charge in [-0.2, -0.15) is 135 Å². The molecule has 121 heavy (non-hydrogen) atoms. The zero-order valence-electron chi connectivity index (χ0n) is 57.3. The number of rotatable bonds is 58. The summed E-state index contributed by atoms with van der Waals surface area (Å²) in [6.45, 7) is -11.5. The van der Waals surface area contributed by atoms with Crippen LogP contribution < -0.4 is 10.6 Å². The summed E-state index contributed by atoms with van der Waals surface area (Å²) >= 11 is 0. The smallest absolute Gasteiger partial charge is 0.354 e. The third kappa shape index (κ3) is 50.3. The van der Waals surface area contributed by atoms with E-state index in [9.17, 15) is 217 Å². The molecule has 0 aliphatic carbocycles. The molecule has 2 saturated heterocycles. The summed E-state index contributed by atoms with van der Waals surface area (Å²) in [5.41, 5.74) is 0. The molecule has 18 N–H and O–H groups in total. The first-order valence-corrected chi connectivity index (χ1v) is 51.1. The number of carbonyl (C=O) groups excluding carboxylic acids is 2. The molecule has 2 aliphatic heterocycles. The highest BCUT2D eigenvalue weighted by molar-refractivity contribution is 7.84. The zero-order valence-corrected chi connectivity index (χ0v) is 70.4. The molecule has 0 aromatic rings. The van der Waals surface area contributed by atoms with Crippen molar-refractivity contribution in [1.29, 1.82) is 0 Å². The molecule has 0 radical (unpaired) electrons. The lowest BCUT2D eigenvalue weighted by molar-refractivity contribution is -0.312. The molecule has 2 rings (SSSR count). The standard InChI is InChI=1S/C33H62N2O70S16/c36-30(26(102-118(74,75)76)22(98-114(62,63)64)18(16(94-110(50,51)52)12-88-108(44,45)46)92-32-28(104-120(80,81)82)24(100-116(68,69)70)20(96-112(56,57)58)14(90-32)10-86-106(38,39)40)34-8-6-4-2-1-3-5-7-9-35-31(37)27(103-119(77,78)79)23(99-115(65,66)67)19(17(95-111(53,54)55)13-89-109(47,48)49)93-33-29(105-121(83,84)85)25(101-117(71,72)73)21(97-113(59,60)61)15(91-33)11-87-107(41,42)43/h14-29,32-33H,1-13H2,(H,34,36)(H,35,37)(H,38,39,40)(H,41,42,43)(H,44,45,46)(H,47,48,49)(H,50,51,52)(H,53,54,55)(H,56,57,58)(H,59,60,61)(H,62,63,64)(H,65,66,67)(H,68,69,70)(H,71,72,73)(H,74,75,76)(H,77,78,79)(H,80,81,82)(H,83,84,85)/t14-,15+,16+,17-,18-,19-,20-,21-,22-,23-,24-,25-,26-,27+,28?,29-,32-,33+/m0/s1. The lowest BCUT2D eigenvalue weighted by Crippen LogP contribution is -2.65. The van der Waals surface area contributed by atoms with Gasteiger partial charge in [-0.15, -0.1) is 0 Å². The molecule has 0 spiro atoms. The predicted octanol–water partition coefficient (Wildman–Crippen LogP) is -12.3. The van der Waals surface area contributed by atoms with Crippen molar-refractivity contribution in [3.05, 3.63) is 0 Å². The van der Waals surface area contributed by atoms with E-state index in [0.717, 1.165) is 0 Å². The number of carbonyl (C=O) groups is 2. The predicted molar refractivity (Wildman–Crippen MR) is 352 cm³/mol. The van der Waals surface area contributed by atoms with Crippen LogP contribution in [0.15, 0.2) is 0 Å². The van der Waals surface area contributed by atoms with Gasteiger partial charge < -0.3 is 29.6 Å². The molecule has 18 atom stereocenters. The fraction of sp³-hybridized carbons (Fsp3) is 0.939. The first kappa shape index (κ1) is 114. The Balaban J connectivity index is 2.80. The van der Waals surface area contributed by atoms with Gasteiger partial charge in [-0.05, 0) is 12.8 Å². The van der Waals surface area contributed by atoms with Crippen LogP contribution in [0.2, 0.25) is 0 Å². The zero-order chi connectivity index (χ0) is 94.3. The van der Waals surface area contributed by atoms with E-state index >= 15 is 0 Å². The number of hydrogen-bond acceptors (Lipinski definition) is 54. The van der Waals surface area contributed by atoms with Crippen molar-refractivity contribution in [1.82, 2.24) is 10.6 Å². The number of unbranched alkanes of at least 4 members (excludes halogenated alkanes) is 6. The second-order valence-electron chi connectivity index (χ2n) is 22.1. The van der Waals surface area contributed by atoms with Crippen LogP contribution in [0.3, 0.4) is 0 Å². The summed E-state index contributed by atoms with van der Waals surface area (Å²) < 4.78 is 628. The first-order chi connectivity index (χ1) is 53.8. The van der Waals surface area contributed by atoms with Gasteiger partial charge in [0.05, 0.1) is 26.4 Å². The summed E-state index contributed by atoms with van der Waals surface area (Å²) in [5, 5.41) is 3.37. The van der Waals surface area contributed by atoms with E-state index in [1.807, 2.05) is 0 Å². The molecule has 0 bridgehead atoms. The van der Waals surface area contributed by atoms with E-state index in [-0.39, 0.29) is 32.1 Å². The van der Waals surface area contributed by atoms with Gasteiger partial charge >= 0.3 is 166 Å². The van der Waals surface area contributed by atoms with Crippen LogP contribution in [0.25, 0.3) is 0 Å². The Kier molecular flexibility index (Phi) is 41.7. The van der Waals surface area contributed by atoms with Gasteiger partial charge in [0.1, 0.15) is 73.2 Å². The fourth-order valence-electron chi connectivity index (χ4n) is 9.44. The van der Waals surface area contributed by atoms with Crippen LogP contribution in [0, 0.1) is 0 Å². The molecule has 2 aliphatic rings. The molecule has 72 nitrogen and oxygen atoms in total. The third-order valence-electron chi connectivity index (χ3n) is 13.0. The quantitative estimate of drug-likeness (QED) is 0.0199. The summed E-state index contributed by atoms with van der Waals surface area (Å²) in [6.07, 6.45) is -69.3. The van der Waals surface area contributed by atoms with Gasteiger partial charge in [-0.3, -0.25) is 82.4 Å². The highest BCUT2D eigenvalue weighted by Crippen LogP contribution is 2.38. The van der Waals surface area contributed by atoms with Gasteiger partial charge in [0.2, 0.25) is 0 Å². The number of ether oxygens (including phenoxy) is 4. The minimum absolute atomic E-state index is 0.112. The number of nitrogens with one attached hydrogen (secondary N) is 2. The molecule has 0 saturated carbocycles. The Hall–Kier alpha value is -3.30. The highest BCUT2D eigenvalue weighted by Gasteiger charge is 2.60. The van der Waals surface area contributed by atoms with Crippen molar-refractivity contribution >= 4 is 178 Å². The van der Waals surface area contributed by atoms with Crippen LogP contribution in [0.1, 0.15) is 44.9 Å². The SMILES string of the molecule is O=C(NCCCCCCCCCNC(=O)[C@H](OS(=O)(=O)O)[C@@H](OS(=O)(=O)O)[C@@H](O[C@H]1O[C@H](COS(=O)(=O)O)[C@H](OS(=O)(=O)O)[C@H](OS(=O)(=O)O)[C@@H]1OS(=O)(=O)O)[C@H](COS(=O)(=O)O)OS(=O)(=O)O)[C@@H](OS(=O)(=O)O)[C@@H](OS(=O)(=O)O)[C@@H](O[C@@H]1O[C@@H](COS(=O)(=O)O)[C@H](OS(=O)(=O)O)[C@H](OS(=O)(=O)O)C1OS(=O)(=O)O)[C@@H](COS(=O)(=O)O)OS(=O)(=O)O. The van der Waals surface area contributed by atoms with E-state index in [1.54, 1.807) is 10.6 Å². The second-order valence-corrected chi connectivity index (χ2v) is 39.1. The van der Waals surface area contributed by atoms with Gasteiger partial charge in [0.15, 0.2) is 37.0 Å². The van der Waals surface area contributed by atoms with E-state index in [2.05, 4.69) is 66.9 Å². The summed E-state index contributed by atoms with van der Waals surface area (Å²) in [6, 6.07) is 0. The molecule has 1 unspecified atom stereocenters. The minimum Gasteiger partial charge on any atom is -0.354 e. The Morgan fingerprint density at radius 1 is 0.256 bits per heavy atom. The average Bonchev–Trinajstić information content (AvgIpc) is 0.766.